The second kappa shape index (κ2) is 6.45. The molecule has 23 heavy (non-hydrogen) atoms. The lowest BCUT2D eigenvalue weighted by molar-refractivity contribution is -0.128. The minimum absolute atomic E-state index is 0.143. The second-order valence-corrected chi connectivity index (χ2v) is 6.60. The van der Waals surface area contributed by atoms with E-state index in [2.05, 4.69) is 10.2 Å². The first-order valence-corrected chi connectivity index (χ1v) is 8.34. The molecule has 0 aromatic heterocycles. The van der Waals surface area contributed by atoms with Crippen molar-refractivity contribution in [3.63, 3.8) is 0 Å². The molecule has 2 saturated heterocycles. The van der Waals surface area contributed by atoms with Crippen LogP contribution < -0.4 is 11.1 Å². The topological polar surface area (TPSA) is 92.5 Å². The van der Waals surface area contributed by atoms with Gasteiger partial charge in [-0.25, -0.2) is 0 Å². The first-order valence-electron chi connectivity index (χ1n) is 7.35. The van der Waals surface area contributed by atoms with Crippen molar-refractivity contribution < 1.29 is 14.4 Å². The van der Waals surface area contributed by atoms with Crippen LogP contribution in [0.15, 0.2) is 40.9 Å². The number of hydrogen-bond acceptors (Lipinski definition) is 5. The Morgan fingerprint density at radius 1 is 1.30 bits per heavy atom. The number of imide groups is 1. The average Bonchev–Trinajstić information content (AvgIpc) is 3.05. The summed E-state index contributed by atoms with van der Waals surface area (Å²) in [6, 6.07) is 9.92. The van der Waals surface area contributed by atoms with E-state index < -0.39 is 23.6 Å². The van der Waals surface area contributed by atoms with E-state index in [1.165, 1.54) is 0 Å². The number of rotatable bonds is 4. The number of amides is 3. The van der Waals surface area contributed by atoms with Crippen molar-refractivity contribution in [2.24, 2.45) is 11.7 Å². The lowest BCUT2D eigenvalue weighted by Gasteiger charge is -2.21. The molecule has 2 aliphatic rings. The van der Waals surface area contributed by atoms with Crippen molar-refractivity contribution in [1.29, 1.82) is 0 Å². The summed E-state index contributed by atoms with van der Waals surface area (Å²) < 4.78 is 0. The minimum Gasteiger partial charge on any atom is -0.370 e. The van der Waals surface area contributed by atoms with E-state index >= 15 is 0 Å². The molecule has 2 heterocycles. The van der Waals surface area contributed by atoms with Gasteiger partial charge in [0.1, 0.15) is 0 Å². The summed E-state index contributed by atoms with van der Waals surface area (Å²) in [4.78, 5) is 37.4. The van der Waals surface area contributed by atoms with Crippen LogP contribution in [-0.4, -0.2) is 34.9 Å². The highest BCUT2D eigenvalue weighted by Gasteiger charge is 2.41. The molecule has 7 heteroatoms. The quantitative estimate of drug-likeness (QED) is 0.622. The van der Waals surface area contributed by atoms with Crippen LogP contribution in [0.5, 0.6) is 0 Å². The monoisotopic (exact) mass is 331 g/mol. The lowest BCUT2D eigenvalue weighted by atomic mass is 9.98. The Hall–Kier alpha value is -2.28. The molecule has 1 atom stereocenters. The molecule has 0 bridgehead atoms. The first kappa shape index (κ1) is 15.6. The summed E-state index contributed by atoms with van der Waals surface area (Å²) in [6.07, 6.45) is -0.143. The zero-order valence-corrected chi connectivity index (χ0v) is 13.3. The number of nitrogens with one attached hydrogen (secondary N) is 1. The fourth-order valence-corrected chi connectivity index (χ4v) is 4.08. The third-order valence-electron chi connectivity index (χ3n) is 3.89. The van der Waals surface area contributed by atoms with Gasteiger partial charge in [-0.15, -0.1) is 11.8 Å². The first-order chi connectivity index (χ1) is 11.1. The van der Waals surface area contributed by atoms with Crippen molar-refractivity contribution in [2.45, 2.75) is 13.0 Å². The van der Waals surface area contributed by atoms with Crippen LogP contribution in [0.4, 0.5) is 0 Å². The summed E-state index contributed by atoms with van der Waals surface area (Å²) in [5.41, 5.74) is 6.74. The molecule has 1 unspecified atom stereocenters. The van der Waals surface area contributed by atoms with E-state index in [0.717, 1.165) is 22.9 Å². The number of nitrogens with zero attached hydrogens (tertiary/aromatic N) is 1. The normalized spacial score (nSPS) is 24.2. The van der Waals surface area contributed by atoms with Crippen molar-refractivity contribution in [3.05, 3.63) is 46.5 Å². The maximum atomic E-state index is 12.2. The molecule has 3 amide bonds. The van der Waals surface area contributed by atoms with Gasteiger partial charge in [0.05, 0.1) is 16.5 Å². The van der Waals surface area contributed by atoms with Crippen LogP contribution in [0.3, 0.4) is 0 Å². The van der Waals surface area contributed by atoms with Gasteiger partial charge < -0.3 is 10.6 Å². The van der Waals surface area contributed by atoms with Crippen molar-refractivity contribution >= 4 is 29.5 Å². The van der Waals surface area contributed by atoms with Crippen LogP contribution in [0.2, 0.25) is 0 Å². The Labute approximate surface area is 138 Å². The molecular weight excluding hydrogens is 314 g/mol. The van der Waals surface area contributed by atoms with Gasteiger partial charge in [0, 0.05) is 25.3 Å². The Balaban J connectivity index is 1.91. The Morgan fingerprint density at radius 3 is 2.74 bits per heavy atom. The number of hydrogen-bond donors (Lipinski definition) is 2. The van der Waals surface area contributed by atoms with Gasteiger partial charge in [-0.2, -0.15) is 0 Å². The molecule has 2 fully saturated rings. The third kappa shape index (κ3) is 3.24. The Kier molecular flexibility index (Phi) is 4.38. The largest absolute Gasteiger partial charge is 0.370 e. The second-order valence-electron chi connectivity index (χ2n) is 5.52. The molecule has 3 N–H and O–H groups in total. The number of primary amides is 1. The van der Waals surface area contributed by atoms with Crippen LogP contribution >= 0.6 is 11.8 Å². The van der Waals surface area contributed by atoms with Gasteiger partial charge >= 0.3 is 0 Å². The molecule has 6 nitrogen and oxygen atoms in total. The van der Waals surface area contributed by atoms with E-state index in [4.69, 9.17) is 5.73 Å². The highest BCUT2D eigenvalue weighted by molar-refractivity contribution is 8.03. The molecule has 1 aromatic carbocycles. The maximum Gasteiger partial charge on any atom is 0.257 e. The average molecular weight is 331 g/mol. The number of benzene rings is 1. The van der Waals surface area contributed by atoms with Gasteiger partial charge in [-0.1, -0.05) is 30.3 Å². The number of carbonyl (C=O) groups excluding carboxylic acids is 3. The van der Waals surface area contributed by atoms with Crippen LogP contribution in [-0.2, 0) is 20.9 Å². The minimum atomic E-state index is -0.779. The van der Waals surface area contributed by atoms with Gasteiger partial charge in [-0.3, -0.25) is 19.7 Å². The van der Waals surface area contributed by atoms with Gasteiger partial charge in [0.15, 0.2) is 0 Å². The molecule has 2 aliphatic heterocycles. The summed E-state index contributed by atoms with van der Waals surface area (Å²) in [5.74, 6) is -1.38. The number of carbonyl (C=O) groups is 3. The number of nitrogens with two attached hydrogens (primary N) is 1. The Morgan fingerprint density at radius 2 is 2.04 bits per heavy atom. The maximum absolute atomic E-state index is 12.2. The SMILES string of the molecule is NC(=O)CC1C(=O)NC(=O)/C1=C1/SCCN1Cc1ccccc1. The van der Waals surface area contributed by atoms with Gasteiger partial charge in [0.25, 0.3) is 5.91 Å². The molecule has 0 saturated carbocycles. The molecule has 1 aromatic rings. The third-order valence-corrected chi connectivity index (χ3v) is 5.02. The Bertz CT molecular complexity index is 687. The summed E-state index contributed by atoms with van der Waals surface area (Å²) in [7, 11) is 0. The van der Waals surface area contributed by atoms with Gasteiger partial charge in [0.2, 0.25) is 11.8 Å². The molecular formula is C16H17N3O3S. The van der Waals surface area contributed by atoms with Crippen molar-refractivity contribution in [1.82, 2.24) is 10.2 Å². The predicted molar refractivity (Wildman–Crippen MR) is 86.8 cm³/mol. The summed E-state index contributed by atoms with van der Waals surface area (Å²) in [6.45, 7) is 1.46. The molecule has 0 aliphatic carbocycles. The fourth-order valence-electron chi connectivity index (χ4n) is 2.85. The van der Waals surface area contributed by atoms with E-state index in [-0.39, 0.29) is 6.42 Å². The molecule has 0 radical (unpaired) electrons. The zero-order valence-electron chi connectivity index (χ0n) is 12.5. The van der Waals surface area contributed by atoms with Crippen LogP contribution in [0.1, 0.15) is 12.0 Å². The van der Waals surface area contributed by atoms with E-state index in [1.54, 1.807) is 11.8 Å². The predicted octanol–water partition coefficient (Wildman–Crippen LogP) is 0.595. The fraction of sp³-hybridized carbons (Fsp3) is 0.312. The van der Waals surface area contributed by atoms with E-state index in [9.17, 15) is 14.4 Å². The standard InChI is InChI=1S/C16H17N3O3S/c17-12(20)8-11-13(15(22)18-14(11)21)16-19(6-7-23-16)9-10-4-2-1-3-5-10/h1-5,11H,6-9H2,(H2,17,20)(H,18,21,22)/b16-13+. The van der Waals surface area contributed by atoms with Crippen LogP contribution in [0, 0.1) is 5.92 Å². The highest BCUT2D eigenvalue weighted by Crippen LogP contribution is 2.37. The smallest absolute Gasteiger partial charge is 0.257 e. The van der Waals surface area contributed by atoms with Crippen LogP contribution in [0.25, 0.3) is 0 Å². The van der Waals surface area contributed by atoms with E-state index in [1.807, 2.05) is 30.3 Å². The summed E-state index contributed by atoms with van der Waals surface area (Å²) in [5, 5.41) is 3.08. The highest BCUT2D eigenvalue weighted by atomic mass is 32.2. The molecule has 3 rings (SSSR count). The van der Waals surface area contributed by atoms with Crippen molar-refractivity contribution in [3.8, 4) is 0 Å². The number of thioether (sulfide) groups is 1. The molecule has 0 spiro atoms. The van der Waals surface area contributed by atoms with Crippen molar-refractivity contribution in [2.75, 3.05) is 12.3 Å². The lowest BCUT2D eigenvalue weighted by Crippen LogP contribution is -2.25. The van der Waals surface area contributed by atoms with E-state index in [0.29, 0.717) is 12.1 Å². The molecule has 120 valence electrons. The van der Waals surface area contributed by atoms with Gasteiger partial charge in [-0.05, 0) is 5.56 Å². The zero-order chi connectivity index (χ0) is 16.4. The summed E-state index contributed by atoms with van der Waals surface area (Å²) >= 11 is 1.54.